The summed E-state index contributed by atoms with van der Waals surface area (Å²) >= 11 is 0. The molecule has 0 spiro atoms. The van der Waals surface area contributed by atoms with Gasteiger partial charge in [0.05, 0.1) is 23.9 Å². The second-order valence-electron chi connectivity index (χ2n) is 4.97. The minimum atomic E-state index is -0.146. The van der Waals surface area contributed by atoms with E-state index >= 15 is 0 Å². The first-order valence-corrected chi connectivity index (χ1v) is 6.36. The number of methoxy groups -OCH3 is 1. The zero-order chi connectivity index (χ0) is 14.4. The molecule has 1 rings (SSSR count). The molecule has 1 amide bonds. The van der Waals surface area contributed by atoms with Gasteiger partial charge in [0, 0.05) is 7.11 Å². The SMILES string of the molecule is COCC(NC(=O)c1cc(C)ccc1NN)C(C)C. The van der Waals surface area contributed by atoms with Crippen molar-refractivity contribution >= 4 is 11.6 Å². The van der Waals surface area contributed by atoms with E-state index in [9.17, 15) is 4.79 Å². The molecule has 0 saturated carbocycles. The van der Waals surface area contributed by atoms with E-state index in [-0.39, 0.29) is 11.9 Å². The Hall–Kier alpha value is -1.59. The first-order valence-electron chi connectivity index (χ1n) is 6.36. The van der Waals surface area contributed by atoms with Crippen LogP contribution in [0.15, 0.2) is 18.2 Å². The third-order valence-electron chi connectivity index (χ3n) is 3.04. The quantitative estimate of drug-likeness (QED) is 0.540. The molecular weight excluding hydrogens is 242 g/mol. The zero-order valence-corrected chi connectivity index (χ0v) is 12.0. The molecule has 0 bridgehead atoms. The summed E-state index contributed by atoms with van der Waals surface area (Å²) in [5.74, 6) is 5.58. The minimum Gasteiger partial charge on any atom is -0.383 e. The number of hydrogen-bond acceptors (Lipinski definition) is 4. The Balaban J connectivity index is 2.90. The Kier molecular flexibility index (Phi) is 5.79. The number of amides is 1. The normalized spacial score (nSPS) is 12.3. The van der Waals surface area contributed by atoms with Crippen LogP contribution in [0.3, 0.4) is 0 Å². The second-order valence-corrected chi connectivity index (χ2v) is 4.97. The summed E-state index contributed by atoms with van der Waals surface area (Å²) < 4.78 is 5.13. The standard InChI is InChI=1S/C14H23N3O2/c1-9(2)13(8-19-4)16-14(18)11-7-10(3)5-6-12(11)17-15/h5-7,9,13,17H,8,15H2,1-4H3,(H,16,18). The number of carbonyl (C=O) groups is 1. The first kappa shape index (κ1) is 15.5. The van der Waals surface area contributed by atoms with E-state index in [0.29, 0.717) is 23.8 Å². The molecule has 0 aliphatic heterocycles. The number of hydrogen-bond donors (Lipinski definition) is 3. The number of benzene rings is 1. The molecule has 0 aliphatic carbocycles. The van der Waals surface area contributed by atoms with Crippen molar-refractivity contribution in [3.63, 3.8) is 0 Å². The van der Waals surface area contributed by atoms with Crippen LogP contribution >= 0.6 is 0 Å². The summed E-state index contributed by atoms with van der Waals surface area (Å²) in [4.78, 5) is 12.3. The smallest absolute Gasteiger partial charge is 0.253 e. The first-order chi connectivity index (χ1) is 8.99. The van der Waals surface area contributed by atoms with Crippen molar-refractivity contribution in [3.8, 4) is 0 Å². The monoisotopic (exact) mass is 265 g/mol. The van der Waals surface area contributed by atoms with E-state index < -0.39 is 0 Å². The summed E-state index contributed by atoms with van der Waals surface area (Å²) in [6, 6.07) is 5.49. The molecule has 0 saturated heterocycles. The van der Waals surface area contributed by atoms with Crippen LogP contribution in [-0.2, 0) is 4.74 Å². The van der Waals surface area contributed by atoms with Crippen LogP contribution in [0.4, 0.5) is 5.69 Å². The second kappa shape index (κ2) is 7.11. The lowest BCUT2D eigenvalue weighted by molar-refractivity contribution is 0.0867. The predicted octanol–water partition coefficient (Wildman–Crippen LogP) is 1.68. The molecule has 5 heteroatoms. The van der Waals surface area contributed by atoms with Gasteiger partial charge in [0.2, 0.25) is 0 Å². The molecule has 1 aromatic rings. The Morgan fingerprint density at radius 1 is 1.42 bits per heavy atom. The van der Waals surface area contributed by atoms with Gasteiger partial charge in [-0.1, -0.05) is 25.5 Å². The molecule has 1 aromatic carbocycles. The van der Waals surface area contributed by atoms with Crippen LogP contribution in [0.2, 0.25) is 0 Å². The number of ether oxygens (including phenoxy) is 1. The van der Waals surface area contributed by atoms with Gasteiger partial charge in [0.25, 0.3) is 5.91 Å². The number of anilines is 1. The highest BCUT2D eigenvalue weighted by Crippen LogP contribution is 2.17. The third kappa shape index (κ3) is 4.22. The highest BCUT2D eigenvalue weighted by atomic mass is 16.5. The highest BCUT2D eigenvalue weighted by Gasteiger charge is 2.19. The fourth-order valence-electron chi connectivity index (χ4n) is 1.80. The molecule has 19 heavy (non-hydrogen) atoms. The van der Waals surface area contributed by atoms with Gasteiger partial charge in [-0.2, -0.15) is 0 Å². The minimum absolute atomic E-state index is 0.0244. The van der Waals surface area contributed by atoms with Crippen LogP contribution in [0, 0.1) is 12.8 Å². The molecule has 0 fully saturated rings. The van der Waals surface area contributed by atoms with Crippen molar-refractivity contribution < 1.29 is 9.53 Å². The lowest BCUT2D eigenvalue weighted by Gasteiger charge is -2.22. The van der Waals surface area contributed by atoms with Crippen LogP contribution in [0.5, 0.6) is 0 Å². The molecule has 1 unspecified atom stereocenters. The van der Waals surface area contributed by atoms with Gasteiger partial charge in [0.15, 0.2) is 0 Å². The van der Waals surface area contributed by atoms with Crippen LogP contribution in [0.25, 0.3) is 0 Å². The summed E-state index contributed by atoms with van der Waals surface area (Å²) in [6.07, 6.45) is 0. The number of nitrogens with two attached hydrogens (primary N) is 1. The van der Waals surface area contributed by atoms with Crippen molar-refractivity contribution in [2.24, 2.45) is 11.8 Å². The van der Waals surface area contributed by atoms with E-state index in [1.165, 1.54) is 0 Å². The topological polar surface area (TPSA) is 76.4 Å². The predicted molar refractivity (Wildman–Crippen MR) is 77.0 cm³/mol. The lowest BCUT2D eigenvalue weighted by Crippen LogP contribution is -2.42. The maximum absolute atomic E-state index is 12.3. The van der Waals surface area contributed by atoms with Gasteiger partial charge in [-0.15, -0.1) is 0 Å². The Bertz CT molecular complexity index is 433. The number of rotatable bonds is 6. The van der Waals surface area contributed by atoms with E-state index in [4.69, 9.17) is 10.6 Å². The fourth-order valence-corrected chi connectivity index (χ4v) is 1.80. The van der Waals surface area contributed by atoms with Crippen LogP contribution < -0.4 is 16.6 Å². The largest absolute Gasteiger partial charge is 0.383 e. The molecule has 0 heterocycles. The van der Waals surface area contributed by atoms with Crippen molar-refractivity contribution in [3.05, 3.63) is 29.3 Å². The Labute approximate surface area is 114 Å². The van der Waals surface area contributed by atoms with Crippen molar-refractivity contribution in [2.45, 2.75) is 26.8 Å². The molecule has 1 atom stereocenters. The molecular formula is C14H23N3O2. The average Bonchev–Trinajstić information content (AvgIpc) is 2.37. The van der Waals surface area contributed by atoms with Gasteiger partial charge in [0.1, 0.15) is 0 Å². The number of aryl methyl sites for hydroxylation is 1. The van der Waals surface area contributed by atoms with Gasteiger partial charge in [-0.25, -0.2) is 0 Å². The van der Waals surface area contributed by atoms with E-state index in [2.05, 4.69) is 10.7 Å². The molecule has 4 N–H and O–H groups in total. The van der Waals surface area contributed by atoms with Gasteiger partial charge >= 0.3 is 0 Å². The Morgan fingerprint density at radius 2 is 2.11 bits per heavy atom. The van der Waals surface area contributed by atoms with Gasteiger partial charge in [-0.3, -0.25) is 10.6 Å². The number of nitrogens with one attached hydrogen (secondary N) is 2. The van der Waals surface area contributed by atoms with Gasteiger partial charge < -0.3 is 15.5 Å². The maximum Gasteiger partial charge on any atom is 0.253 e. The number of nitrogen functional groups attached to an aromatic ring is 1. The summed E-state index contributed by atoms with van der Waals surface area (Å²) in [5, 5.41) is 2.98. The van der Waals surface area contributed by atoms with E-state index in [0.717, 1.165) is 5.56 Å². The van der Waals surface area contributed by atoms with Crippen LogP contribution in [0.1, 0.15) is 29.8 Å². The molecule has 0 radical (unpaired) electrons. The third-order valence-corrected chi connectivity index (χ3v) is 3.04. The summed E-state index contributed by atoms with van der Waals surface area (Å²) in [6.45, 7) is 6.51. The lowest BCUT2D eigenvalue weighted by atomic mass is 10.0. The molecule has 106 valence electrons. The van der Waals surface area contributed by atoms with Crippen LogP contribution in [-0.4, -0.2) is 25.7 Å². The molecule has 5 nitrogen and oxygen atoms in total. The number of hydrazine groups is 1. The maximum atomic E-state index is 12.3. The van der Waals surface area contributed by atoms with Gasteiger partial charge in [-0.05, 0) is 25.0 Å². The van der Waals surface area contributed by atoms with E-state index in [1.807, 2.05) is 32.9 Å². The summed E-state index contributed by atoms with van der Waals surface area (Å²) in [7, 11) is 1.63. The fraction of sp³-hybridized carbons (Fsp3) is 0.500. The highest BCUT2D eigenvalue weighted by molar-refractivity contribution is 5.99. The Morgan fingerprint density at radius 3 is 2.63 bits per heavy atom. The van der Waals surface area contributed by atoms with Crippen molar-refractivity contribution in [1.29, 1.82) is 0 Å². The van der Waals surface area contributed by atoms with Crippen molar-refractivity contribution in [2.75, 3.05) is 19.1 Å². The zero-order valence-electron chi connectivity index (χ0n) is 12.0. The molecule has 0 aromatic heterocycles. The average molecular weight is 265 g/mol. The summed E-state index contributed by atoms with van der Waals surface area (Å²) in [5.41, 5.74) is 4.72. The van der Waals surface area contributed by atoms with E-state index in [1.54, 1.807) is 13.2 Å². The molecule has 0 aliphatic rings. The number of carbonyl (C=O) groups excluding carboxylic acids is 1. The van der Waals surface area contributed by atoms with Crippen molar-refractivity contribution in [1.82, 2.24) is 5.32 Å².